The Hall–Kier alpha value is -2.24. The van der Waals surface area contributed by atoms with Crippen LogP contribution in [0.4, 0.5) is 0 Å². The smallest absolute Gasteiger partial charge is 0.293 e. The van der Waals surface area contributed by atoms with Crippen LogP contribution in [-0.2, 0) is 28.7 Å². The normalized spacial score (nSPS) is 15.1. The number of ketones is 2. The summed E-state index contributed by atoms with van der Waals surface area (Å²) in [6.07, 6.45) is 7.39. The topological polar surface area (TPSA) is 86.7 Å². The largest absolute Gasteiger partial charge is 0.467 e. The van der Waals surface area contributed by atoms with Gasteiger partial charge in [0.05, 0.1) is 6.61 Å². The van der Waals surface area contributed by atoms with E-state index in [9.17, 15) is 19.2 Å². The van der Waals surface area contributed by atoms with Crippen molar-refractivity contribution in [1.29, 1.82) is 0 Å². The van der Waals surface area contributed by atoms with Crippen molar-refractivity contribution in [3.63, 3.8) is 0 Å². The second-order valence-corrected chi connectivity index (χ2v) is 6.78. The first-order valence-corrected chi connectivity index (χ1v) is 8.21. The molecule has 0 unspecified atom stereocenters. The number of allylic oxidation sites excluding steroid dienone is 2. The van der Waals surface area contributed by atoms with Gasteiger partial charge in [-0.1, -0.05) is 26.0 Å². The zero-order chi connectivity index (χ0) is 19.3. The van der Waals surface area contributed by atoms with Gasteiger partial charge in [-0.15, -0.1) is 0 Å². The minimum atomic E-state index is -0.715. The zero-order valence-electron chi connectivity index (χ0n) is 15.1. The van der Waals surface area contributed by atoms with Gasteiger partial charge in [-0.25, -0.2) is 0 Å². The summed E-state index contributed by atoms with van der Waals surface area (Å²) in [6.45, 7) is 11.3. The summed E-state index contributed by atoms with van der Waals surface area (Å²) < 4.78 is 9.45. The van der Waals surface area contributed by atoms with Crippen LogP contribution in [-0.4, -0.2) is 36.7 Å². The molecule has 0 bridgehead atoms. The molecular weight excluding hydrogens is 324 g/mol. The van der Waals surface area contributed by atoms with Crippen LogP contribution in [0.3, 0.4) is 0 Å². The predicted octanol–water partition coefficient (Wildman–Crippen LogP) is 2.95. The average Bonchev–Trinajstić information content (AvgIpc) is 3.01. The van der Waals surface area contributed by atoms with Crippen molar-refractivity contribution in [3.05, 3.63) is 25.3 Å². The second-order valence-electron chi connectivity index (χ2n) is 6.78. The number of rotatable bonds is 11. The molecule has 6 heteroatoms. The summed E-state index contributed by atoms with van der Waals surface area (Å²) in [5.74, 6) is -0.0850. The van der Waals surface area contributed by atoms with E-state index in [1.807, 2.05) is 0 Å². The quantitative estimate of drug-likeness (QED) is 0.420. The number of hydrogen-bond acceptors (Lipinski definition) is 6. The van der Waals surface area contributed by atoms with Crippen molar-refractivity contribution in [1.82, 2.24) is 0 Å². The third-order valence-electron chi connectivity index (χ3n) is 4.09. The van der Waals surface area contributed by atoms with Crippen molar-refractivity contribution in [2.75, 3.05) is 6.61 Å². The standard InChI is InChI=1S/C11H16O3.C8H12O3/c1-2-10(13)7-11(8-14-9-12)5-3-4-6-11;1-4-7(10)5-8(2,3)11-6-9/h2,9H,1,3-8H2;4,6H,1,5H2,2-3H3. The number of hydrogen-bond donors (Lipinski definition) is 0. The summed E-state index contributed by atoms with van der Waals surface area (Å²) in [7, 11) is 0. The Morgan fingerprint density at radius 3 is 2.04 bits per heavy atom. The zero-order valence-corrected chi connectivity index (χ0v) is 15.1. The summed E-state index contributed by atoms with van der Waals surface area (Å²) in [4.78, 5) is 42.1. The highest BCUT2D eigenvalue weighted by atomic mass is 16.5. The first-order valence-electron chi connectivity index (χ1n) is 8.21. The fourth-order valence-corrected chi connectivity index (χ4v) is 2.81. The molecule has 0 heterocycles. The van der Waals surface area contributed by atoms with E-state index in [0.717, 1.165) is 25.7 Å². The van der Waals surface area contributed by atoms with Gasteiger partial charge in [-0.05, 0) is 38.8 Å². The van der Waals surface area contributed by atoms with E-state index in [2.05, 4.69) is 17.9 Å². The lowest BCUT2D eigenvalue weighted by atomic mass is 9.82. The Balaban J connectivity index is 0.000000477. The molecule has 0 saturated heterocycles. The molecule has 1 aliphatic carbocycles. The summed E-state index contributed by atoms with van der Waals surface area (Å²) in [6, 6.07) is 0. The minimum Gasteiger partial charge on any atom is -0.467 e. The molecule has 1 fully saturated rings. The molecule has 140 valence electrons. The van der Waals surface area contributed by atoms with E-state index in [4.69, 9.17) is 4.74 Å². The average molecular weight is 352 g/mol. The summed E-state index contributed by atoms with van der Waals surface area (Å²) in [5, 5.41) is 0. The molecule has 0 aromatic rings. The van der Waals surface area contributed by atoms with Crippen LogP contribution in [0.2, 0.25) is 0 Å². The van der Waals surface area contributed by atoms with Gasteiger partial charge >= 0.3 is 0 Å². The van der Waals surface area contributed by atoms with Crippen molar-refractivity contribution in [2.45, 2.75) is 58.0 Å². The number of carbonyl (C=O) groups is 4. The first kappa shape index (κ1) is 22.8. The molecule has 0 amide bonds. The summed E-state index contributed by atoms with van der Waals surface area (Å²) in [5.41, 5.74) is -0.820. The maximum Gasteiger partial charge on any atom is 0.293 e. The molecule has 0 atom stereocenters. The van der Waals surface area contributed by atoms with Crippen LogP contribution in [0.15, 0.2) is 25.3 Å². The molecule has 0 spiro atoms. The van der Waals surface area contributed by atoms with Crippen molar-refractivity contribution < 1.29 is 28.7 Å². The fraction of sp³-hybridized carbons (Fsp3) is 0.579. The molecule has 0 aliphatic heterocycles. The van der Waals surface area contributed by atoms with Crippen molar-refractivity contribution >= 4 is 24.5 Å². The SMILES string of the molecule is C=CC(=O)CC(C)(C)OC=O.C=CC(=O)CC1(COC=O)CCCC1. The monoisotopic (exact) mass is 352 g/mol. The Bertz CT molecular complexity index is 486. The van der Waals surface area contributed by atoms with Crippen molar-refractivity contribution in [3.8, 4) is 0 Å². The Morgan fingerprint density at radius 2 is 1.60 bits per heavy atom. The molecule has 0 aromatic carbocycles. The maximum atomic E-state index is 11.3. The van der Waals surface area contributed by atoms with Gasteiger partial charge in [0, 0.05) is 18.3 Å². The molecular formula is C19H28O6. The van der Waals surface area contributed by atoms with Gasteiger partial charge in [0.2, 0.25) is 0 Å². The van der Waals surface area contributed by atoms with Crippen LogP contribution < -0.4 is 0 Å². The van der Waals surface area contributed by atoms with E-state index >= 15 is 0 Å². The lowest BCUT2D eigenvalue weighted by Crippen LogP contribution is -2.26. The van der Waals surface area contributed by atoms with Gasteiger partial charge in [0.15, 0.2) is 11.6 Å². The second kappa shape index (κ2) is 11.3. The Morgan fingerprint density at radius 1 is 1.04 bits per heavy atom. The van der Waals surface area contributed by atoms with Gasteiger partial charge in [-0.2, -0.15) is 0 Å². The molecule has 25 heavy (non-hydrogen) atoms. The highest BCUT2D eigenvalue weighted by Gasteiger charge is 2.36. The van der Waals surface area contributed by atoms with E-state index in [1.54, 1.807) is 13.8 Å². The number of ether oxygens (including phenoxy) is 2. The van der Waals surface area contributed by atoms with Gasteiger partial charge < -0.3 is 9.47 Å². The van der Waals surface area contributed by atoms with E-state index in [1.165, 1.54) is 12.2 Å². The van der Waals surface area contributed by atoms with Crippen LogP contribution in [0, 0.1) is 5.41 Å². The molecule has 1 saturated carbocycles. The number of carbonyl (C=O) groups excluding carboxylic acids is 4. The van der Waals surface area contributed by atoms with Crippen LogP contribution in [0.5, 0.6) is 0 Å². The highest BCUT2D eigenvalue weighted by molar-refractivity contribution is 5.90. The van der Waals surface area contributed by atoms with Gasteiger partial charge in [0.25, 0.3) is 12.9 Å². The van der Waals surface area contributed by atoms with Gasteiger partial charge in [0.1, 0.15) is 5.60 Å². The minimum absolute atomic E-state index is 0.0430. The molecule has 0 radical (unpaired) electrons. The Kier molecular flexibility index (Phi) is 10.3. The van der Waals surface area contributed by atoms with Gasteiger partial charge in [-0.3, -0.25) is 19.2 Å². The molecule has 0 N–H and O–H groups in total. The third-order valence-corrected chi connectivity index (χ3v) is 4.09. The lowest BCUT2D eigenvalue weighted by molar-refractivity contribution is -0.142. The Labute approximate surface area is 149 Å². The fourth-order valence-electron chi connectivity index (χ4n) is 2.81. The molecule has 0 aromatic heterocycles. The highest BCUT2D eigenvalue weighted by Crippen LogP contribution is 2.41. The van der Waals surface area contributed by atoms with E-state index < -0.39 is 5.60 Å². The lowest BCUT2D eigenvalue weighted by Gasteiger charge is -2.26. The molecule has 1 aliphatic rings. The first-order chi connectivity index (χ1) is 11.7. The third kappa shape index (κ3) is 9.59. The molecule has 1 rings (SSSR count). The van der Waals surface area contributed by atoms with E-state index in [0.29, 0.717) is 26.0 Å². The van der Waals surface area contributed by atoms with Crippen LogP contribution >= 0.6 is 0 Å². The van der Waals surface area contributed by atoms with E-state index in [-0.39, 0.29) is 23.4 Å². The van der Waals surface area contributed by atoms with Crippen molar-refractivity contribution in [2.24, 2.45) is 5.41 Å². The summed E-state index contributed by atoms with van der Waals surface area (Å²) >= 11 is 0. The predicted molar refractivity (Wildman–Crippen MR) is 93.8 cm³/mol. The van der Waals surface area contributed by atoms with Crippen LogP contribution in [0.1, 0.15) is 52.4 Å². The van der Waals surface area contributed by atoms with Crippen LogP contribution in [0.25, 0.3) is 0 Å². The molecule has 6 nitrogen and oxygen atoms in total. The maximum absolute atomic E-state index is 11.3.